The molecule has 0 amide bonds. The Labute approximate surface area is 168 Å². The van der Waals surface area contributed by atoms with Gasteiger partial charge in [-0.05, 0) is 96.3 Å². The van der Waals surface area contributed by atoms with Crippen LogP contribution in [0.25, 0.3) is 5.57 Å². The van der Waals surface area contributed by atoms with Gasteiger partial charge in [-0.1, -0.05) is 43.6 Å². The normalized spacial score (nSPS) is 43.6. The van der Waals surface area contributed by atoms with Crippen LogP contribution in [-0.2, 0) is 0 Å². The highest BCUT2D eigenvalue weighted by atomic mass is 16.4. The van der Waals surface area contributed by atoms with E-state index >= 15 is 0 Å². The zero-order valence-corrected chi connectivity index (χ0v) is 17.4. The molecule has 3 nitrogen and oxygen atoms in total. The summed E-state index contributed by atoms with van der Waals surface area (Å²) < 4.78 is 0. The number of oxime groups is 1. The number of rotatable bonds is 1. The van der Waals surface area contributed by atoms with Gasteiger partial charge in [0, 0.05) is 12.4 Å². The number of allylic oxidation sites excluding steroid dienone is 4. The van der Waals surface area contributed by atoms with Gasteiger partial charge in [-0.15, -0.1) is 0 Å². The van der Waals surface area contributed by atoms with E-state index in [-0.39, 0.29) is 10.8 Å². The van der Waals surface area contributed by atoms with E-state index in [0.29, 0.717) is 5.92 Å². The van der Waals surface area contributed by atoms with Gasteiger partial charge < -0.3 is 5.21 Å². The van der Waals surface area contributed by atoms with Crippen molar-refractivity contribution in [2.45, 2.75) is 59.3 Å². The largest absolute Gasteiger partial charge is 0.411 e. The molecule has 148 valence electrons. The van der Waals surface area contributed by atoms with Gasteiger partial charge in [-0.25, -0.2) is 0 Å². The molecule has 6 atom stereocenters. The molecular weight excluding hydrogens is 344 g/mol. The van der Waals surface area contributed by atoms with Crippen LogP contribution in [0.2, 0.25) is 0 Å². The van der Waals surface area contributed by atoms with E-state index in [1.54, 1.807) is 11.1 Å². The molecule has 0 saturated heterocycles. The first kappa shape index (κ1) is 18.1. The van der Waals surface area contributed by atoms with Crippen molar-refractivity contribution in [3.05, 3.63) is 47.8 Å². The summed E-state index contributed by atoms with van der Waals surface area (Å²) in [6, 6.07) is 4.31. The van der Waals surface area contributed by atoms with Crippen molar-refractivity contribution in [3.63, 3.8) is 0 Å². The predicted molar refractivity (Wildman–Crippen MR) is 113 cm³/mol. The molecule has 4 aliphatic rings. The Morgan fingerprint density at radius 1 is 1.18 bits per heavy atom. The summed E-state index contributed by atoms with van der Waals surface area (Å²) in [6.07, 6.45) is 15.8. The molecule has 1 aromatic rings. The van der Waals surface area contributed by atoms with Gasteiger partial charge in [-0.3, -0.25) is 4.98 Å². The minimum Gasteiger partial charge on any atom is -0.411 e. The summed E-state index contributed by atoms with van der Waals surface area (Å²) in [5.41, 5.74) is 5.85. The van der Waals surface area contributed by atoms with Crippen LogP contribution in [0.3, 0.4) is 0 Å². The van der Waals surface area contributed by atoms with Gasteiger partial charge in [0.1, 0.15) is 0 Å². The second-order valence-corrected chi connectivity index (χ2v) is 10.2. The molecule has 1 N–H and O–H groups in total. The first-order valence-electron chi connectivity index (χ1n) is 11.0. The van der Waals surface area contributed by atoms with Crippen LogP contribution in [-0.4, -0.2) is 15.9 Å². The van der Waals surface area contributed by atoms with E-state index in [1.165, 1.54) is 31.2 Å². The van der Waals surface area contributed by atoms with Crippen LogP contribution < -0.4 is 0 Å². The molecular formula is C25H32N2O. The van der Waals surface area contributed by atoms with E-state index < -0.39 is 0 Å². The van der Waals surface area contributed by atoms with Crippen LogP contribution in [0, 0.1) is 34.5 Å². The summed E-state index contributed by atoms with van der Waals surface area (Å²) in [6.45, 7) is 7.43. The summed E-state index contributed by atoms with van der Waals surface area (Å²) >= 11 is 0. The number of hydrogen-bond acceptors (Lipinski definition) is 3. The summed E-state index contributed by atoms with van der Waals surface area (Å²) in [7, 11) is 0. The molecule has 0 spiro atoms. The first-order valence-corrected chi connectivity index (χ1v) is 11.0. The lowest BCUT2D eigenvalue weighted by Gasteiger charge is -2.59. The number of nitrogens with zero attached hydrogens (tertiary/aromatic N) is 2. The number of hydrogen-bond donors (Lipinski definition) is 1. The molecule has 4 aliphatic carbocycles. The van der Waals surface area contributed by atoms with Crippen molar-refractivity contribution in [2.75, 3.05) is 0 Å². The van der Waals surface area contributed by atoms with E-state index in [4.69, 9.17) is 0 Å². The van der Waals surface area contributed by atoms with Crippen LogP contribution >= 0.6 is 0 Å². The second-order valence-electron chi connectivity index (χ2n) is 10.2. The van der Waals surface area contributed by atoms with Crippen LogP contribution in [0.5, 0.6) is 0 Å². The first-order chi connectivity index (χ1) is 13.5. The van der Waals surface area contributed by atoms with Crippen LogP contribution in [0.4, 0.5) is 0 Å². The molecule has 2 saturated carbocycles. The van der Waals surface area contributed by atoms with Crippen molar-refractivity contribution in [2.24, 2.45) is 39.7 Å². The number of pyridine rings is 1. The maximum absolute atomic E-state index is 9.31. The molecule has 0 bridgehead atoms. The quantitative estimate of drug-likeness (QED) is 0.474. The third kappa shape index (κ3) is 2.41. The zero-order valence-electron chi connectivity index (χ0n) is 17.4. The highest BCUT2D eigenvalue weighted by Gasteiger charge is 2.58. The van der Waals surface area contributed by atoms with E-state index in [0.717, 1.165) is 36.3 Å². The lowest BCUT2D eigenvalue weighted by molar-refractivity contribution is -0.0319. The number of aromatic nitrogens is 1. The highest BCUT2D eigenvalue weighted by molar-refractivity contribution is 5.96. The van der Waals surface area contributed by atoms with Crippen LogP contribution in [0.15, 0.2) is 47.4 Å². The average Bonchev–Trinajstić information content (AvgIpc) is 3.06. The lowest BCUT2D eigenvalue weighted by Crippen LogP contribution is -2.51. The van der Waals surface area contributed by atoms with Gasteiger partial charge in [0.2, 0.25) is 0 Å². The molecule has 5 rings (SSSR count). The van der Waals surface area contributed by atoms with Gasteiger partial charge in [0.05, 0.1) is 5.71 Å². The summed E-state index contributed by atoms with van der Waals surface area (Å²) in [5.74, 6) is 2.87. The van der Waals surface area contributed by atoms with Crippen molar-refractivity contribution < 1.29 is 5.21 Å². The minimum atomic E-state index is 0.273. The fourth-order valence-electron chi connectivity index (χ4n) is 7.61. The maximum atomic E-state index is 9.31. The molecule has 3 unspecified atom stereocenters. The molecule has 3 heteroatoms. The fourth-order valence-corrected chi connectivity index (χ4v) is 7.61. The Balaban J connectivity index is 1.50. The minimum absolute atomic E-state index is 0.273. The average molecular weight is 377 g/mol. The van der Waals surface area contributed by atoms with Gasteiger partial charge in [0.15, 0.2) is 0 Å². The van der Waals surface area contributed by atoms with Crippen molar-refractivity contribution in [1.29, 1.82) is 0 Å². The summed E-state index contributed by atoms with van der Waals surface area (Å²) in [5, 5.41) is 12.9. The molecule has 2 fully saturated rings. The van der Waals surface area contributed by atoms with Crippen molar-refractivity contribution in [1.82, 2.24) is 4.98 Å². The van der Waals surface area contributed by atoms with Gasteiger partial charge in [0.25, 0.3) is 0 Å². The van der Waals surface area contributed by atoms with E-state index in [1.807, 2.05) is 12.4 Å². The molecule has 1 heterocycles. The van der Waals surface area contributed by atoms with Crippen molar-refractivity contribution in [3.8, 4) is 0 Å². The maximum Gasteiger partial charge on any atom is 0.0795 e. The molecule has 0 aliphatic heterocycles. The Morgan fingerprint density at radius 2 is 2.04 bits per heavy atom. The zero-order chi connectivity index (χ0) is 19.5. The summed E-state index contributed by atoms with van der Waals surface area (Å²) in [4.78, 5) is 4.39. The van der Waals surface area contributed by atoms with E-state index in [9.17, 15) is 5.21 Å². The third-order valence-electron chi connectivity index (χ3n) is 8.98. The molecule has 0 aromatic carbocycles. The number of fused-ring (bicyclic) bond motifs is 5. The monoisotopic (exact) mass is 376 g/mol. The SMILES string of the molecule is CC1C[C@@H]2C(CC[C@]3(C)C(c4cccnc4)=CCC23)[C@@]2(C)CC/C(=N\O)C=C12. The van der Waals surface area contributed by atoms with E-state index in [2.05, 4.69) is 55.2 Å². The standard InChI is InChI=1S/C25H32N2O/c1-16-13-19-21-7-6-20(17-5-4-12-26-15-17)24(21,2)11-9-22(19)25(3)10-8-18(27-28)14-23(16)25/h4-6,12,14-16,19,21-22,28H,7-11,13H2,1-3H3/b27-18+/t16?,19-,21?,22?,24+,25+/m0/s1. The Bertz CT molecular complexity index is 870. The Kier molecular flexibility index (Phi) is 4.08. The smallest absolute Gasteiger partial charge is 0.0795 e. The topological polar surface area (TPSA) is 45.5 Å². The molecule has 28 heavy (non-hydrogen) atoms. The molecule has 0 radical (unpaired) electrons. The van der Waals surface area contributed by atoms with Gasteiger partial charge in [-0.2, -0.15) is 0 Å². The molecule has 1 aromatic heterocycles. The van der Waals surface area contributed by atoms with Crippen LogP contribution in [0.1, 0.15) is 64.9 Å². The highest BCUT2D eigenvalue weighted by Crippen LogP contribution is 2.67. The Morgan fingerprint density at radius 3 is 2.79 bits per heavy atom. The van der Waals surface area contributed by atoms with Gasteiger partial charge >= 0.3 is 0 Å². The third-order valence-corrected chi connectivity index (χ3v) is 8.98. The fraction of sp³-hybridized carbons (Fsp3) is 0.600. The second kappa shape index (κ2) is 6.30. The Hall–Kier alpha value is -1.90. The lowest BCUT2D eigenvalue weighted by atomic mass is 9.45. The van der Waals surface area contributed by atoms with Crippen molar-refractivity contribution >= 4 is 11.3 Å². The predicted octanol–water partition coefficient (Wildman–Crippen LogP) is 6.11.